The summed E-state index contributed by atoms with van der Waals surface area (Å²) in [7, 11) is 3.22. The number of fused-ring (bicyclic) bond motifs is 1. The van der Waals surface area contributed by atoms with Crippen molar-refractivity contribution in [3.8, 4) is 11.5 Å². The highest BCUT2D eigenvalue weighted by molar-refractivity contribution is 7.12. The van der Waals surface area contributed by atoms with Crippen LogP contribution in [0.5, 0.6) is 11.5 Å². The molecule has 0 spiro atoms. The van der Waals surface area contributed by atoms with Gasteiger partial charge in [0.2, 0.25) is 5.91 Å². The first-order chi connectivity index (χ1) is 12.1. The fraction of sp³-hybridized carbons (Fsp3) is 0.368. The van der Waals surface area contributed by atoms with Gasteiger partial charge in [0.25, 0.3) is 0 Å². The van der Waals surface area contributed by atoms with E-state index in [0.29, 0.717) is 29.5 Å². The summed E-state index contributed by atoms with van der Waals surface area (Å²) in [5.74, 6) is 1.43. The first kappa shape index (κ1) is 17.5. The van der Waals surface area contributed by atoms with Crippen molar-refractivity contribution in [2.75, 3.05) is 20.8 Å². The standard InChI is InChI=1S/C19H21NO4S/c1-23-16-10-13-7-8-20(12-14(13)11-17(16)24-2)19(22)6-5-15(21)18-4-3-9-25-18/h3-4,9-11H,5-8,12H2,1-2H3. The summed E-state index contributed by atoms with van der Waals surface area (Å²) in [5.41, 5.74) is 2.25. The van der Waals surface area contributed by atoms with Crippen LogP contribution in [0.2, 0.25) is 0 Å². The average Bonchev–Trinajstić information content (AvgIpc) is 3.18. The molecule has 0 unspecified atom stereocenters. The van der Waals surface area contributed by atoms with Crippen molar-refractivity contribution >= 4 is 23.0 Å². The van der Waals surface area contributed by atoms with Crippen molar-refractivity contribution in [2.24, 2.45) is 0 Å². The molecule has 1 aromatic carbocycles. The van der Waals surface area contributed by atoms with Crippen molar-refractivity contribution < 1.29 is 19.1 Å². The Balaban J connectivity index is 1.63. The lowest BCUT2D eigenvalue weighted by Gasteiger charge is -2.29. The maximum atomic E-state index is 12.5. The normalized spacial score (nSPS) is 13.3. The van der Waals surface area contributed by atoms with E-state index in [9.17, 15) is 9.59 Å². The molecule has 0 bridgehead atoms. The molecule has 1 aromatic heterocycles. The zero-order chi connectivity index (χ0) is 17.8. The second-order valence-electron chi connectivity index (χ2n) is 5.94. The second-order valence-corrected chi connectivity index (χ2v) is 6.89. The lowest BCUT2D eigenvalue weighted by atomic mass is 9.98. The number of Topliss-reactive ketones (excluding diaryl/α,β-unsaturated/α-hetero) is 1. The van der Waals surface area contributed by atoms with E-state index in [1.54, 1.807) is 20.3 Å². The number of amides is 1. The molecule has 25 heavy (non-hydrogen) atoms. The molecule has 0 aliphatic carbocycles. The average molecular weight is 359 g/mol. The number of hydrogen-bond donors (Lipinski definition) is 0. The molecule has 0 atom stereocenters. The van der Waals surface area contributed by atoms with E-state index in [1.807, 2.05) is 28.5 Å². The van der Waals surface area contributed by atoms with Crippen molar-refractivity contribution in [2.45, 2.75) is 25.8 Å². The van der Waals surface area contributed by atoms with Gasteiger partial charge in [0.15, 0.2) is 17.3 Å². The van der Waals surface area contributed by atoms with E-state index in [2.05, 4.69) is 0 Å². The number of rotatable bonds is 6. The molecule has 0 N–H and O–H groups in total. The number of carbonyl (C=O) groups excluding carboxylic acids is 2. The molecule has 0 saturated heterocycles. The Kier molecular flexibility index (Phi) is 5.38. The van der Waals surface area contributed by atoms with Crippen LogP contribution in [0.25, 0.3) is 0 Å². The Labute approximate surface area is 151 Å². The monoisotopic (exact) mass is 359 g/mol. The van der Waals surface area contributed by atoms with Crippen LogP contribution >= 0.6 is 11.3 Å². The molecule has 5 nitrogen and oxygen atoms in total. The molecular weight excluding hydrogens is 338 g/mol. The molecule has 1 aliphatic heterocycles. The third-order valence-electron chi connectivity index (χ3n) is 4.43. The fourth-order valence-corrected chi connectivity index (χ4v) is 3.73. The molecular formula is C19H21NO4S. The van der Waals surface area contributed by atoms with Crippen LogP contribution in [0.1, 0.15) is 33.6 Å². The summed E-state index contributed by atoms with van der Waals surface area (Å²) < 4.78 is 10.7. The highest BCUT2D eigenvalue weighted by atomic mass is 32.1. The largest absolute Gasteiger partial charge is 0.493 e. The predicted molar refractivity (Wildman–Crippen MR) is 96.6 cm³/mol. The lowest BCUT2D eigenvalue weighted by molar-refractivity contribution is -0.132. The topological polar surface area (TPSA) is 55.8 Å². The number of ketones is 1. The van der Waals surface area contributed by atoms with Crippen LogP contribution in [0.15, 0.2) is 29.6 Å². The molecule has 1 amide bonds. The lowest BCUT2D eigenvalue weighted by Crippen LogP contribution is -2.36. The minimum Gasteiger partial charge on any atom is -0.493 e. The first-order valence-electron chi connectivity index (χ1n) is 8.20. The summed E-state index contributed by atoms with van der Waals surface area (Å²) >= 11 is 1.42. The Morgan fingerprint density at radius 1 is 1.12 bits per heavy atom. The number of carbonyl (C=O) groups is 2. The number of methoxy groups -OCH3 is 2. The second kappa shape index (κ2) is 7.70. The third-order valence-corrected chi connectivity index (χ3v) is 5.34. The van der Waals surface area contributed by atoms with Crippen molar-refractivity contribution in [1.82, 2.24) is 4.90 Å². The fourth-order valence-electron chi connectivity index (χ4n) is 3.04. The highest BCUT2D eigenvalue weighted by Gasteiger charge is 2.23. The Bertz CT molecular complexity index is 770. The molecule has 6 heteroatoms. The molecule has 2 aromatic rings. The van der Waals surface area contributed by atoms with Crippen molar-refractivity contribution in [1.29, 1.82) is 0 Å². The highest BCUT2D eigenvalue weighted by Crippen LogP contribution is 2.33. The molecule has 132 valence electrons. The van der Waals surface area contributed by atoms with Crippen LogP contribution in [0.4, 0.5) is 0 Å². The minimum absolute atomic E-state index is 0.0188. The van der Waals surface area contributed by atoms with Gasteiger partial charge in [-0.1, -0.05) is 6.07 Å². The van der Waals surface area contributed by atoms with Gasteiger partial charge in [-0.2, -0.15) is 0 Å². The maximum Gasteiger partial charge on any atom is 0.223 e. The SMILES string of the molecule is COc1cc2c(cc1OC)CN(C(=O)CCC(=O)c1cccs1)CC2. The van der Waals surface area contributed by atoms with E-state index in [1.165, 1.54) is 16.9 Å². The minimum atomic E-state index is 0.0188. The van der Waals surface area contributed by atoms with E-state index >= 15 is 0 Å². The summed E-state index contributed by atoms with van der Waals surface area (Å²) in [6, 6.07) is 7.57. The van der Waals surface area contributed by atoms with E-state index in [4.69, 9.17) is 9.47 Å². The number of thiophene rings is 1. The summed E-state index contributed by atoms with van der Waals surface area (Å²) in [5, 5.41) is 1.87. The molecule has 0 saturated carbocycles. The number of hydrogen-bond acceptors (Lipinski definition) is 5. The number of nitrogens with zero attached hydrogens (tertiary/aromatic N) is 1. The van der Waals surface area contributed by atoms with Crippen LogP contribution < -0.4 is 9.47 Å². The molecule has 3 rings (SSSR count). The van der Waals surface area contributed by atoms with Gasteiger partial charge in [-0.05, 0) is 41.1 Å². The van der Waals surface area contributed by atoms with Gasteiger partial charge in [0.1, 0.15) is 0 Å². The zero-order valence-electron chi connectivity index (χ0n) is 14.4. The van der Waals surface area contributed by atoms with Gasteiger partial charge in [0, 0.05) is 25.9 Å². The van der Waals surface area contributed by atoms with E-state index in [0.717, 1.165) is 12.0 Å². The Morgan fingerprint density at radius 3 is 2.48 bits per heavy atom. The van der Waals surface area contributed by atoms with Crippen LogP contribution in [0, 0.1) is 0 Å². The van der Waals surface area contributed by atoms with Crippen LogP contribution in [-0.4, -0.2) is 37.4 Å². The quantitative estimate of drug-likeness (QED) is 0.743. The maximum absolute atomic E-state index is 12.5. The molecule has 2 heterocycles. The number of benzene rings is 1. The van der Waals surface area contributed by atoms with Gasteiger partial charge in [-0.15, -0.1) is 11.3 Å². The van der Waals surface area contributed by atoms with Gasteiger partial charge in [0.05, 0.1) is 19.1 Å². The Morgan fingerprint density at radius 2 is 1.84 bits per heavy atom. The number of ether oxygens (including phenoxy) is 2. The summed E-state index contributed by atoms with van der Waals surface area (Å²) in [6.45, 7) is 1.20. The van der Waals surface area contributed by atoms with Gasteiger partial charge < -0.3 is 14.4 Å². The molecule has 0 fully saturated rings. The summed E-state index contributed by atoms with van der Waals surface area (Å²) in [6.07, 6.45) is 1.29. The zero-order valence-corrected chi connectivity index (χ0v) is 15.2. The van der Waals surface area contributed by atoms with E-state index in [-0.39, 0.29) is 24.5 Å². The van der Waals surface area contributed by atoms with Gasteiger partial charge in [-0.25, -0.2) is 0 Å². The Hall–Kier alpha value is -2.34. The van der Waals surface area contributed by atoms with E-state index < -0.39 is 0 Å². The van der Waals surface area contributed by atoms with Crippen LogP contribution in [0.3, 0.4) is 0 Å². The van der Waals surface area contributed by atoms with Crippen molar-refractivity contribution in [3.63, 3.8) is 0 Å². The first-order valence-corrected chi connectivity index (χ1v) is 9.08. The van der Waals surface area contributed by atoms with Crippen LogP contribution in [-0.2, 0) is 17.8 Å². The van der Waals surface area contributed by atoms with Crippen molar-refractivity contribution in [3.05, 3.63) is 45.6 Å². The molecule has 1 aliphatic rings. The smallest absolute Gasteiger partial charge is 0.223 e. The predicted octanol–water partition coefficient (Wildman–Crippen LogP) is 3.31. The summed E-state index contributed by atoms with van der Waals surface area (Å²) in [4.78, 5) is 27.1. The molecule has 0 radical (unpaired) electrons. The third kappa shape index (κ3) is 3.85. The van der Waals surface area contributed by atoms with Gasteiger partial charge in [-0.3, -0.25) is 9.59 Å². The van der Waals surface area contributed by atoms with Gasteiger partial charge >= 0.3 is 0 Å².